The first-order valence-electron chi connectivity index (χ1n) is 8.59. The molecule has 130 valence electrons. The van der Waals surface area contributed by atoms with Crippen molar-refractivity contribution in [3.05, 3.63) is 10.7 Å². The Morgan fingerprint density at radius 1 is 1.38 bits per heavy atom. The van der Waals surface area contributed by atoms with Gasteiger partial charge in [0.1, 0.15) is 11.0 Å². The van der Waals surface area contributed by atoms with Crippen LogP contribution in [0.5, 0.6) is 0 Å². The largest absolute Gasteiger partial charge is 0.377 e. The maximum atomic E-state index is 12.5. The quantitative estimate of drug-likeness (QED) is 0.841. The van der Waals surface area contributed by atoms with Crippen LogP contribution in [0.3, 0.4) is 0 Å². The van der Waals surface area contributed by atoms with Crippen LogP contribution < -0.4 is 15.1 Å². The van der Waals surface area contributed by atoms with E-state index in [-0.39, 0.29) is 12.1 Å². The number of nitrogens with zero attached hydrogens (tertiary/aromatic N) is 4. The number of ether oxygens (including phenoxy) is 1. The molecule has 0 radical (unpaired) electrons. The van der Waals surface area contributed by atoms with Gasteiger partial charge in [0.05, 0.1) is 19.3 Å². The van der Waals surface area contributed by atoms with Gasteiger partial charge in [-0.25, -0.2) is 9.78 Å². The van der Waals surface area contributed by atoms with Gasteiger partial charge in [0.15, 0.2) is 0 Å². The van der Waals surface area contributed by atoms with Crippen molar-refractivity contribution in [2.45, 2.75) is 32.2 Å². The van der Waals surface area contributed by atoms with Crippen molar-refractivity contribution >= 4 is 29.4 Å². The summed E-state index contributed by atoms with van der Waals surface area (Å²) in [4.78, 5) is 25.4. The first kappa shape index (κ1) is 15.9. The Kier molecular flexibility index (Phi) is 4.22. The predicted octanol–water partition coefficient (Wildman–Crippen LogP) is 1.84. The minimum atomic E-state index is -0.0867. The van der Waals surface area contributed by atoms with Gasteiger partial charge >= 0.3 is 6.03 Å². The summed E-state index contributed by atoms with van der Waals surface area (Å²) in [6.45, 7) is 5.44. The van der Waals surface area contributed by atoms with E-state index in [0.29, 0.717) is 49.0 Å². The smallest absolute Gasteiger partial charge is 0.323 e. The maximum Gasteiger partial charge on any atom is 0.323 e. The number of morpholine rings is 1. The zero-order valence-electron chi connectivity index (χ0n) is 13.8. The summed E-state index contributed by atoms with van der Waals surface area (Å²) in [6, 6.07) is 0.0998. The number of halogens is 1. The molecule has 1 aromatic heterocycles. The molecule has 7 nitrogen and oxygen atoms in total. The van der Waals surface area contributed by atoms with Crippen LogP contribution in [0.25, 0.3) is 0 Å². The van der Waals surface area contributed by atoms with Crippen LogP contribution in [0.1, 0.15) is 25.3 Å². The Labute approximate surface area is 146 Å². The van der Waals surface area contributed by atoms with Crippen LogP contribution in [-0.4, -0.2) is 54.9 Å². The highest BCUT2D eigenvalue weighted by molar-refractivity contribution is 6.30. The molecule has 24 heavy (non-hydrogen) atoms. The van der Waals surface area contributed by atoms with E-state index < -0.39 is 0 Å². The number of nitrogens with one attached hydrogen (secondary N) is 1. The zero-order valence-corrected chi connectivity index (χ0v) is 14.6. The summed E-state index contributed by atoms with van der Waals surface area (Å²) in [5.74, 6) is 1.88. The lowest BCUT2D eigenvalue weighted by Gasteiger charge is -2.33. The lowest BCUT2D eigenvalue weighted by Crippen LogP contribution is -2.45. The molecule has 4 rings (SSSR count). The number of aromatic nitrogens is 2. The molecule has 2 amide bonds. The van der Waals surface area contributed by atoms with E-state index in [4.69, 9.17) is 16.3 Å². The molecule has 0 spiro atoms. The van der Waals surface area contributed by atoms with Crippen molar-refractivity contribution in [2.75, 3.05) is 42.6 Å². The monoisotopic (exact) mass is 351 g/mol. The Morgan fingerprint density at radius 2 is 2.21 bits per heavy atom. The van der Waals surface area contributed by atoms with Crippen LogP contribution in [0.4, 0.5) is 16.6 Å². The molecular formula is C16H22ClN5O2. The molecular weight excluding hydrogens is 330 g/mol. The Balaban J connectivity index is 1.57. The molecule has 3 heterocycles. The van der Waals surface area contributed by atoms with Gasteiger partial charge in [-0.15, -0.1) is 0 Å². The fourth-order valence-electron chi connectivity index (χ4n) is 3.20. The number of carbonyl (C=O) groups excluding carboxylic acids is 1. The van der Waals surface area contributed by atoms with Crippen molar-refractivity contribution < 1.29 is 9.53 Å². The predicted molar refractivity (Wildman–Crippen MR) is 91.8 cm³/mol. The zero-order chi connectivity index (χ0) is 16.7. The number of urea groups is 1. The van der Waals surface area contributed by atoms with E-state index in [9.17, 15) is 4.79 Å². The van der Waals surface area contributed by atoms with Gasteiger partial charge in [0.25, 0.3) is 0 Å². The van der Waals surface area contributed by atoms with Crippen LogP contribution in [-0.2, 0) is 11.2 Å². The number of carbonyl (C=O) groups is 1. The van der Waals surface area contributed by atoms with Gasteiger partial charge in [-0.3, -0.25) is 4.90 Å². The number of amides is 2. The van der Waals surface area contributed by atoms with Crippen molar-refractivity contribution in [2.24, 2.45) is 5.92 Å². The molecule has 2 aliphatic heterocycles. The third-order valence-electron chi connectivity index (χ3n) is 4.87. The van der Waals surface area contributed by atoms with Crippen molar-refractivity contribution in [3.8, 4) is 0 Å². The van der Waals surface area contributed by atoms with Crippen molar-refractivity contribution in [1.82, 2.24) is 15.3 Å². The molecule has 1 saturated heterocycles. The SMILES string of the molecule is C[C@@H]1COCCN1c1nc(Cl)c2c(n1)N(C(=O)NCC1CC1)CC2. The van der Waals surface area contributed by atoms with E-state index in [1.165, 1.54) is 12.8 Å². The molecule has 1 atom stereocenters. The molecule has 8 heteroatoms. The van der Waals surface area contributed by atoms with E-state index in [1.807, 2.05) is 0 Å². The molecule has 0 aromatic carbocycles. The van der Waals surface area contributed by atoms with Gasteiger partial charge in [-0.1, -0.05) is 11.6 Å². The summed E-state index contributed by atoms with van der Waals surface area (Å²) >= 11 is 6.38. The molecule has 1 N–H and O–H groups in total. The van der Waals surface area contributed by atoms with Gasteiger partial charge in [0.2, 0.25) is 5.95 Å². The number of anilines is 2. The summed E-state index contributed by atoms with van der Waals surface area (Å²) in [5, 5.41) is 3.45. The molecule has 0 unspecified atom stereocenters. The number of fused-ring (bicyclic) bond motifs is 1. The van der Waals surface area contributed by atoms with E-state index in [1.54, 1.807) is 4.90 Å². The second-order valence-electron chi connectivity index (χ2n) is 6.76. The van der Waals surface area contributed by atoms with Crippen molar-refractivity contribution in [1.29, 1.82) is 0 Å². The standard InChI is InChI=1S/C16H22ClN5O2/c1-10-9-24-7-6-21(10)15-19-13(17)12-4-5-22(14(12)20-15)16(23)18-8-11-2-3-11/h10-11H,2-9H2,1H3,(H,18,23)/t10-/m1/s1. The fraction of sp³-hybridized carbons (Fsp3) is 0.688. The first-order chi connectivity index (χ1) is 11.6. The molecule has 3 aliphatic rings. The van der Waals surface area contributed by atoms with E-state index in [0.717, 1.165) is 18.7 Å². The van der Waals surface area contributed by atoms with Crippen LogP contribution >= 0.6 is 11.6 Å². The lowest BCUT2D eigenvalue weighted by atomic mass is 10.2. The van der Waals surface area contributed by atoms with Gasteiger partial charge < -0.3 is 15.0 Å². The topological polar surface area (TPSA) is 70.6 Å². The summed E-state index contributed by atoms with van der Waals surface area (Å²) in [5.41, 5.74) is 0.864. The summed E-state index contributed by atoms with van der Waals surface area (Å²) < 4.78 is 5.47. The lowest BCUT2D eigenvalue weighted by molar-refractivity contribution is 0.0981. The summed E-state index contributed by atoms with van der Waals surface area (Å²) in [6.07, 6.45) is 3.12. The highest BCUT2D eigenvalue weighted by Crippen LogP contribution is 2.33. The minimum absolute atomic E-state index is 0.0867. The number of hydrogen-bond acceptors (Lipinski definition) is 5. The van der Waals surface area contributed by atoms with Crippen LogP contribution in [0.2, 0.25) is 5.15 Å². The van der Waals surface area contributed by atoms with Crippen molar-refractivity contribution in [3.63, 3.8) is 0 Å². The van der Waals surface area contributed by atoms with Gasteiger partial charge in [-0.2, -0.15) is 4.98 Å². The second kappa shape index (κ2) is 6.37. The van der Waals surface area contributed by atoms with Gasteiger partial charge in [-0.05, 0) is 32.1 Å². The normalized spacial score (nSPS) is 23.3. The van der Waals surface area contributed by atoms with E-state index in [2.05, 4.69) is 27.1 Å². The summed E-state index contributed by atoms with van der Waals surface area (Å²) in [7, 11) is 0. The molecule has 1 aromatic rings. The van der Waals surface area contributed by atoms with Gasteiger partial charge in [0, 0.05) is 25.2 Å². The molecule has 2 fully saturated rings. The fourth-order valence-corrected chi connectivity index (χ4v) is 3.46. The van der Waals surface area contributed by atoms with E-state index >= 15 is 0 Å². The molecule has 0 bridgehead atoms. The number of rotatable bonds is 3. The average molecular weight is 352 g/mol. The van der Waals surface area contributed by atoms with Crippen LogP contribution in [0, 0.1) is 5.92 Å². The second-order valence-corrected chi connectivity index (χ2v) is 7.12. The Bertz CT molecular complexity index is 652. The Hall–Kier alpha value is -1.60. The minimum Gasteiger partial charge on any atom is -0.377 e. The highest BCUT2D eigenvalue weighted by atomic mass is 35.5. The highest BCUT2D eigenvalue weighted by Gasteiger charge is 2.32. The first-order valence-corrected chi connectivity index (χ1v) is 8.97. The third kappa shape index (κ3) is 3.02. The average Bonchev–Trinajstić information content (AvgIpc) is 3.30. The maximum absolute atomic E-state index is 12.5. The molecule has 1 saturated carbocycles. The van der Waals surface area contributed by atoms with Crippen LogP contribution in [0.15, 0.2) is 0 Å². The Morgan fingerprint density at radius 3 is 2.96 bits per heavy atom. The third-order valence-corrected chi connectivity index (χ3v) is 5.19. The molecule has 1 aliphatic carbocycles. The number of hydrogen-bond donors (Lipinski definition) is 1.